The van der Waals surface area contributed by atoms with Crippen molar-refractivity contribution in [1.82, 2.24) is 14.5 Å². The fraction of sp³-hybridized carbons (Fsp3) is 0.467. The Morgan fingerprint density at radius 2 is 2.25 bits per heavy atom. The summed E-state index contributed by atoms with van der Waals surface area (Å²) in [5.74, 6) is 0.0409. The van der Waals surface area contributed by atoms with Crippen molar-refractivity contribution >= 4 is 17.0 Å². The number of nitrogens with zero attached hydrogens (tertiary/aromatic N) is 3. The van der Waals surface area contributed by atoms with Crippen LogP contribution in [-0.2, 0) is 6.54 Å². The predicted molar refractivity (Wildman–Crippen MR) is 77.1 cm³/mol. The van der Waals surface area contributed by atoms with E-state index in [1.54, 1.807) is 18.2 Å². The summed E-state index contributed by atoms with van der Waals surface area (Å²) in [4.78, 5) is 18.0. The van der Waals surface area contributed by atoms with Crippen molar-refractivity contribution < 1.29 is 9.90 Å². The van der Waals surface area contributed by atoms with Gasteiger partial charge in [-0.05, 0) is 45.0 Å². The summed E-state index contributed by atoms with van der Waals surface area (Å²) in [5, 5.41) is 9.10. The minimum atomic E-state index is -0.896. The first-order valence-electron chi connectivity index (χ1n) is 6.96. The highest BCUT2D eigenvalue weighted by Crippen LogP contribution is 2.25. The van der Waals surface area contributed by atoms with Crippen molar-refractivity contribution in [3.63, 3.8) is 0 Å². The SMILES string of the molecule is Cc1nc2ccc(C(=O)O)cc2n1CCN(C)C1CC1. The number of aryl methyl sites for hydroxylation is 1. The van der Waals surface area contributed by atoms with Gasteiger partial charge in [0, 0.05) is 19.1 Å². The Labute approximate surface area is 117 Å². The van der Waals surface area contributed by atoms with Crippen LogP contribution in [0.25, 0.3) is 11.0 Å². The lowest BCUT2D eigenvalue weighted by Gasteiger charge is -2.16. The molecule has 0 bridgehead atoms. The van der Waals surface area contributed by atoms with Gasteiger partial charge in [-0.25, -0.2) is 9.78 Å². The van der Waals surface area contributed by atoms with Crippen molar-refractivity contribution in [3.05, 3.63) is 29.6 Å². The van der Waals surface area contributed by atoms with Crippen LogP contribution in [0.4, 0.5) is 0 Å². The van der Waals surface area contributed by atoms with E-state index in [1.165, 1.54) is 12.8 Å². The third kappa shape index (κ3) is 2.41. The molecule has 0 amide bonds. The highest BCUT2D eigenvalue weighted by atomic mass is 16.4. The van der Waals surface area contributed by atoms with Crippen LogP contribution in [0.15, 0.2) is 18.2 Å². The topological polar surface area (TPSA) is 58.4 Å². The maximum Gasteiger partial charge on any atom is 0.335 e. The Bertz CT molecular complexity index is 658. The number of likely N-dealkylation sites (N-methyl/N-ethyl adjacent to an activating group) is 1. The highest BCUT2D eigenvalue weighted by molar-refractivity contribution is 5.92. The van der Waals surface area contributed by atoms with Gasteiger partial charge in [0.1, 0.15) is 5.82 Å². The number of hydrogen-bond acceptors (Lipinski definition) is 3. The van der Waals surface area contributed by atoms with E-state index < -0.39 is 5.97 Å². The Morgan fingerprint density at radius 3 is 2.90 bits per heavy atom. The minimum Gasteiger partial charge on any atom is -0.478 e. The van der Waals surface area contributed by atoms with Crippen LogP contribution in [0, 0.1) is 6.92 Å². The molecule has 1 aliphatic rings. The molecular weight excluding hydrogens is 254 g/mol. The van der Waals surface area contributed by atoms with E-state index in [4.69, 9.17) is 5.11 Å². The lowest BCUT2D eigenvalue weighted by molar-refractivity contribution is 0.0697. The molecule has 1 fully saturated rings. The van der Waals surface area contributed by atoms with Crippen LogP contribution in [0.2, 0.25) is 0 Å². The van der Waals surface area contributed by atoms with Crippen molar-refractivity contribution in [2.45, 2.75) is 32.4 Å². The number of aromatic carboxylic acids is 1. The number of carbonyl (C=O) groups is 1. The molecule has 1 aromatic heterocycles. The molecule has 5 nitrogen and oxygen atoms in total. The molecule has 0 aliphatic heterocycles. The summed E-state index contributed by atoms with van der Waals surface area (Å²) in [6.07, 6.45) is 2.59. The lowest BCUT2D eigenvalue weighted by atomic mass is 10.2. The molecule has 1 N–H and O–H groups in total. The predicted octanol–water partition coefficient (Wildman–Crippen LogP) is 2.14. The second-order valence-electron chi connectivity index (χ2n) is 5.53. The Kier molecular flexibility index (Phi) is 3.22. The van der Waals surface area contributed by atoms with Gasteiger partial charge in [0.25, 0.3) is 0 Å². The smallest absolute Gasteiger partial charge is 0.335 e. The Balaban J connectivity index is 1.89. The number of hydrogen-bond donors (Lipinski definition) is 1. The normalized spacial score (nSPS) is 15.2. The summed E-state index contributed by atoms with van der Waals surface area (Å²) in [6.45, 7) is 3.78. The average Bonchev–Trinajstić information content (AvgIpc) is 3.20. The fourth-order valence-corrected chi connectivity index (χ4v) is 2.61. The van der Waals surface area contributed by atoms with Crippen molar-refractivity contribution in [2.75, 3.05) is 13.6 Å². The summed E-state index contributed by atoms with van der Waals surface area (Å²) in [6, 6.07) is 5.85. The summed E-state index contributed by atoms with van der Waals surface area (Å²) in [5.41, 5.74) is 2.09. The van der Waals surface area contributed by atoms with E-state index in [0.29, 0.717) is 5.56 Å². The standard InChI is InChI=1S/C15H19N3O2/c1-10-16-13-6-3-11(15(19)20)9-14(13)18(10)8-7-17(2)12-4-5-12/h3,6,9,12H,4-5,7-8H2,1-2H3,(H,19,20). The van der Waals surface area contributed by atoms with Crippen LogP contribution < -0.4 is 0 Å². The van der Waals surface area contributed by atoms with Crippen LogP contribution in [0.1, 0.15) is 29.0 Å². The van der Waals surface area contributed by atoms with E-state index >= 15 is 0 Å². The van der Waals surface area contributed by atoms with Gasteiger partial charge in [0.2, 0.25) is 0 Å². The van der Waals surface area contributed by atoms with E-state index in [1.807, 2.05) is 6.92 Å². The third-order valence-corrected chi connectivity index (χ3v) is 4.03. The summed E-state index contributed by atoms with van der Waals surface area (Å²) in [7, 11) is 2.15. The molecule has 0 unspecified atom stereocenters. The molecule has 0 atom stereocenters. The monoisotopic (exact) mass is 273 g/mol. The van der Waals surface area contributed by atoms with Crippen LogP contribution in [0.5, 0.6) is 0 Å². The molecule has 3 rings (SSSR count). The van der Waals surface area contributed by atoms with Gasteiger partial charge < -0.3 is 14.6 Å². The van der Waals surface area contributed by atoms with Gasteiger partial charge in [-0.1, -0.05) is 0 Å². The van der Waals surface area contributed by atoms with E-state index in [9.17, 15) is 4.79 Å². The van der Waals surface area contributed by atoms with Gasteiger partial charge in [-0.15, -0.1) is 0 Å². The molecular formula is C15H19N3O2. The number of carboxylic acid groups (broad SMARTS) is 1. The highest BCUT2D eigenvalue weighted by Gasteiger charge is 2.25. The zero-order valence-electron chi connectivity index (χ0n) is 11.8. The van der Waals surface area contributed by atoms with Gasteiger partial charge in [-0.2, -0.15) is 0 Å². The largest absolute Gasteiger partial charge is 0.478 e. The lowest BCUT2D eigenvalue weighted by Crippen LogP contribution is -2.25. The van der Waals surface area contributed by atoms with Crippen molar-refractivity contribution in [2.24, 2.45) is 0 Å². The number of imidazole rings is 1. The molecule has 1 heterocycles. The molecule has 1 saturated carbocycles. The van der Waals surface area contributed by atoms with E-state index in [0.717, 1.165) is 36.0 Å². The molecule has 106 valence electrons. The number of fused-ring (bicyclic) bond motifs is 1. The first-order chi connectivity index (χ1) is 9.56. The second kappa shape index (κ2) is 4.90. The van der Waals surface area contributed by atoms with Crippen LogP contribution in [0.3, 0.4) is 0 Å². The summed E-state index contributed by atoms with van der Waals surface area (Å²) < 4.78 is 2.11. The Morgan fingerprint density at radius 1 is 1.50 bits per heavy atom. The molecule has 0 spiro atoms. The zero-order chi connectivity index (χ0) is 14.3. The number of benzene rings is 1. The zero-order valence-corrected chi connectivity index (χ0v) is 11.8. The maximum absolute atomic E-state index is 11.1. The maximum atomic E-state index is 11.1. The summed E-state index contributed by atoms with van der Waals surface area (Å²) >= 11 is 0. The van der Waals surface area contributed by atoms with Gasteiger partial charge >= 0.3 is 5.97 Å². The number of aromatic nitrogens is 2. The molecule has 5 heteroatoms. The Hall–Kier alpha value is -1.88. The van der Waals surface area contributed by atoms with Crippen molar-refractivity contribution in [3.8, 4) is 0 Å². The number of rotatable bonds is 5. The quantitative estimate of drug-likeness (QED) is 0.906. The average molecular weight is 273 g/mol. The van der Waals surface area contributed by atoms with Crippen LogP contribution >= 0.6 is 0 Å². The number of carboxylic acids is 1. The molecule has 2 aromatic rings. The molecule has 1 aliphatic carbocycles. The molecule has 0 radical (unpaired) electrons. The molecule has 0 saturated heterocycles. The van der Waals surface area contributed by atoms with Crippen molar-refractivity contribution in [1.29, 1.82) is 0 Å². The third-order valence-electron chi connectivity index (χ3n) is 4.03. The van der Waals surface area contributed by atoms with Gasteiger partial charge in [-0.3, -0.25) is 0 Å². The first-order valence-corrected chi connectivity index (χ1v) is 6.96. The minimum absolute atomic E-state index is 0.314. The molecule has 20 heavy (non-hydrogen) atoms. The van der Waals surface area contributed by atoms with Gasteiger partial charge in [0.05, 0.1) is 16.6 Å². The fourth-order valence-electron chi connectivity index (χ4n) is 2.61. The molecule has 1 aromatic carbocycles. The van der Waals surface area contributed by atoms with E-state index in [-0.39, 0.29) is 0 Å². The van der Waals surface area contributed by atoms with Gasteiger partial charge in [0.15, 0.2) is 0 Å². The second-order valence-corrected chi connectivity index (χ2v) is 5.53. The van der Waals surface area contributed by atoms with E-state index in [2.05, 4.69) is 21.5 Å². The van der Waals surface area contributed by atoms with Crippen LogP contribution in [-0.4, -0.2) is 45.2 Å². The first kappa shape index (κ1) is 13.1.